The summed E-state index contributed by atoms with van der Waals surface area (Å²) in [7, 11) is 3.35. The SMILES string of the molecule is CCn1c(SCc2cc(OC)ccc2OC)nnc1-c1cccs1. The van der Waals surface area contributed by atoms with Gasteiger partial charge in [0.15, 0.2) is 11.0 Å². The molecule has 0 atom stereocenters. The van der Waals surface area contributed by atoms with Crippen molar-refractivity contribution < 1.29 is 9.47 Å². The van der Waals surface area contributed by atoms with Crippen LogP contribution < -0.4 is 9.47 Å². The predicted octanol–water partition coefficient (Wildman–Crippen LogP) is 4.34. The highest BCUT2D eigenvalue weighted by atomic mass is 32.2. The Hall–Kier alpha value is -1.99. The molecular weight excluding hydrogens is 342 g/mol. The van der Waals surface area contributed by atoms with Crippen LogP contribution in [0.25, 0.3) is 10.7 Å². The summed E-state index contributed by atoms with van der Waals surface area (Å²) in [5, 5.41) is 11.7. The molecule has 7 heteroatoms. The summed E-state index contributed by atoms with van der Waals surface area (Å²) in [6, 6.07) is 9.93. The van der Waals surface area contributed by atoms with Crippen molar-refractivity contribution in [2.24, 2.45) is 0 Å². The second-order valence-electron chi connectivity index (χ2n) is 4.99. The van der Waals surface area contributed by atoms with Gasteiger partial charge in [-0.05, 0) is 36.6 Å². The minimum absolute atomic E-state index is 0.739. The third kappa shape index (κ3) is 3.42. The van der Waals surface area contributed by atoms with Crippen LogP contribution in [0, 0.1) is 0 Å². The molecule has 1 aromatic carbocycles. The number of nitrogens with zero attached hydrogens (tertiary/aromatic N) is 3. The molecule has 0 aliphatic rings. The maximum Gasteiger partial charge on any atom is 0.191 e. The third-order valence-corrected chi connectivity index (χ3v) is 5.50. The van der Waals surface area contributed by atoms with Gasteiger partial charge in [0.25, 0.3) is 0 Å². The molecule has 3 rings (SSSR count). The van der Waals surface area contributed by atoms with E-state index in [1.54, 1.807) is 37.3 Å². The molecule has 2 heterocycles. The van der Waals surface area contributed by atoms with Gasteiger partial charge in [-0.1, -0.05) is 17.8 Å². The fourth-order valence-corrected chi connectivity index (χ4v) is 4.10. The van der Waals surface area contributed by atoms with Crippen molar-refractivity contribution in [2.45, 2.75) is 24.4 Å². The first-order chi connectivity index (χ1) is 11.8. The average molecular weight is 361 g/mol. The lowest BCUT2D eigenvalue weighted by molar-refractivity contribution is 0.400. The van der Waals surface area contributed by atoms with E-state index in [2.05, 4.69) is 33.1 Å². The minimum atomic E-state index is 0.739. The van der Waals surface area contributed by atoms with Crippen molar-refractivity contribution >= 4 is 23.1 Å². The number of rotatable bonds is 7. The van der Waals surface area contributed by atoms with Gasteiger partial charge in [-0.25, -0.2) is 0 Å². The van der Waals surface area contributed by atoms with E-state index in [9.17, 15) is 0 Å². The number of hydrogen-bond acceptors (Lipinski definition) is 6. The lowest BCUT2D eigenvalue weighted by Crippen LogP contribution is -1.99. The molecule has 2 aromatic heterocycles. The Bertz CT molecular complexity index is 800. The number of aromatic nitrogens is 3. The summed E-state index contributed by atoms with van der Waals surface area (Å²) in [6.45, 7) is 2.94. The molecule has 0 unspecified atom stereocenters. The first kappa shape index (κ1) is 16.9. The third-order valence-electron chi connectivity index (χ3n) is 3.62. The average Bonchev–Trinajstić information content (AvgIpc) is 3.28. The van der Waals surface area contributed by atoms with E-state index in [1.165, 1.54) is 0 Å². The molecule has 0 saturated heterocycles. The van der Waals surface area contributed by atoms with Gasteiger partial charge in [0.2, 0.25) is 0 Å². The fraction of sp³-hybridized carbons (Fsp3) is 0.294. The maximum absolute atomic E-state index is 5.44. The van der Waals surface area contributed by atoms with Crippen LogP contribution in [-0.4, -0.2) is 29.0 Å². The zero-order valence-corrected chi connectivity index (χ0v) is 15.5. The molecule has 0 N–H and O–H groups in total. The molecule has 3 aromatic rings. The van der Waals surface area contributed by atoms with E-state index in [0.29, 0.717) is 0 Å². The second-order valence-corrected chi connectivity index (χ2v) is 6.88. The van der Waals surface area contributed by atoms with Gasteiger partial charge in [-0.2, -0.15) is 0 Å². The van der Waals surface area contributed by atoms with Crippen molar-refractivity contribution in [1.29, 1.82) is 0 Å². The summed E-state index contributed by atoms with van der Waals surface area (Å²) in [5.41, 5.74) is 1.07. The molecule has 5 nitrogen and oxygen atoms in total. The van der Waals surface area contributed by atoms with Crippen LogP contribution in [0.1, 0.15) is 12.5 Å². The Morgan fingerprint density at radius 2 is 2.04 bits per heavy atom. The molecule has 24 heavy (non-hydrogen) atoms. The van der Waals surface area contributed by atoms with Gasteiger partial charge in [-0.3, -0.25) is 0 Å². The largest absolute Gasteiger partial charge is 0.497 e. The van der Waals surface area contributed by atoms with Gasteiger partial charge >= 0.3 is 0 Å². The van der Waals surface area contributed by atoms with Crippen molar-refractivity contribution in [1.82, 2.24) is 14.8 Å². The molecule has 0 spiro atoms. The van der Waals surface area contributed by atoms with Crippen LogP contribution in [0.4, 0.5) is 0 Å². The summed E-state index contributed by atoms with van der Waals surface area (Å²) in [5.74, 6) is 3.34. The summed E-state index contributed by atoms with van der Waals surface area (Å²) in [6.07, 6.45) is 0. The highest BCUT2D eigenvalue weighted by Gasteiger charge is 2.15. The number of thioether (sulfide) groups is 1. The highest BCUT2D eigenvalue weighted by molar-refractivity contribution is 7.98. The van der Waals surface area contributed by atoms with Crippen molar-refractivity contribution in [3.05, 3.63) is 41.3 Å². The molecule has 0 aliphatic carbocycles. The van der Waals surface area contributed by atoms with Crippen LogP contribution in [0.3, 0.4) is 0 Å². The molecule has 0 amide bonds. The van der Waals surface area contributed by atoms with Crippen molar-refractivity contribution in [2.75, 3.05) is 14.2 Å². The smallest absolute Gasteiger partial charge is 0.191 e. The van der Waals surface area contributed by atoms with Crippen molar-refractivity contribution in [3.63, 3.8) is 0 Å². The van der Waals surface area contributed by atoms with Gasteiger partial charge in [0.1, 0.15) is 11.5 Å². The quantitative estimate of drug-likeness (QED) is 0.586. The Morgan fingerprint density at radius 3 is 2.71 bits per heavy atom. The molecule has 126 valence electrons. The second kappa shape index (κ2) is 7.72. The number of thiophene rings is 1. The fourth-order valence-electron chi connectivity index (χ4n) is 2.41. The van der Waals surface area contributed by atoms with E-state index in [-0.39, 0.29) is 0 Å². The molecule has 0 saturated carbocycles. The Labute approximate surface area is 149 Å². The van der Waals surface area contributed by atoms with Crippen LogP contribution in [0.5, 0.6) is 11.5 Å². The lowest BCUT2D eigenvalue weighted by Gasteiger charge is -2.10. The summed E-state index contributed by atoms with van der Waals surface area (Å²) < 4.78 is 12.9. The lowest BCUT2D eigenvalue weighted by atomic mass is 10.2. The predicted molar refractivity (Wildman–Crippen MR) is 98.1 cm³/mol. The van der Waals surface area contributed by atoms with Crippen molar-refractivity contribution in [3.8, 4) is 22.2 Å². The zero-order chi connectivity index (χ0) is 16.9. The number of hydrogen-bond donors (Lipinski definition) is 0. The highest BCUT2D eigenvalue weighted by Crippen LogP contribution is 2.32. The van der Waals surface area contributed by atoms with E-state index in [1.807, 2.05) is 24.3 Å². The van der Waals surface area contributed by atoms with Crippen LogP contribution in [0.2, 0.25) is 0 Å². The minimum Gasteiger partial charge on any atom is -0.497 e. The van der Waals surface area contributed by atoms with Gasteiger partial charge < -0.3 is 14.0 Å². The molecule has 0 aliphatic heterocycles. The Kier molecular flexibility index (Phi) is 5.42. The monoisotopic (exact) mass is 361 g/mol. The van der Waals surface area contributed by atoms with E-state index >= 15 is 0 Å². The normalized spacial score (nSPS) is 10.8. The summed E-state index contributed by atoms with van der Waals surface area (Å²) >= 11 is 3.33. The molecule has 0 radical (unpaired) electrons. The Morgan fingerprint density at radius 1 is 1.17 bits per heavy atom. The van der Waals surface area contributed by atoms with Crippen LogP contribution >= 0.6 is 23.1 Å². The van der Waals surface area contributed by atoms with E-state index < -0.39 is 0 Å². The van der Waals surface area contributed by atoms with Crippen LogP contribution in [-0.2, 0) is 12.3 Å². The topological polar surface area (TPSA) is 49.2 Å². The van der Waals surface area contributed by atoms with Gasteiger partial charge in [0.05, 0.1) is 19.1 Å². The maximum atomic E-state index is 5.44. The van der Waals surface area contributed by atoms with Gasteiger partial charge in [-0.15, -0.1) is 21.5 Å². The first-order valence-corrected chi connectivity index (χ1v) is 9.44. The molecule has 0 bridgehead atoms. The number of ether oxygens (including phenoxy) is 2. The Balaban J connectivity index is 1.83. The van der Waals surface area contributed by atoms with Crippen LogP contribution in [0.15, 0.2) is 40.9 Å². The van der Waals surface area contributed by atoms with E-state index in [4.69, 9.17) is 9.47 Å². The first-order valence-electron chi connectivity index (χ1n) is 7.57. The van der Waals surface area contributed by atoms with Gasteiger partial charge in [0, 0.05) is 17.9 Å². The molecule has 0 fully saturated rings. The number of methoxy groups -OCH3 is 2. The molecular formula is C17H19N3O2S2. The van der Waals surface area contributed by atoms with E-state index in [0.717, 1.165) is 45.2 Å². The zero-order valence-electron chi connectivity index (χ0n) is 13.9. The number of benzene rings is 1. The summed E-state index contributed by atoms with van der Waals surface area (Å²) in [4.78, 5) is 1.13. The standard InChI is InChI=1S/C17H19N3O2S2/c1-4-20-16(15-6-5-9-23-15)18-19-17(20)24-11-12-10-13(21-2)7-8-14(12)22-3/h5-10H,4,11H2,1-3H3.